The Morgan fingerprint density at radius 2 is 1.76 bits per heavy atom. The zero-order chi connectivity index (χ0) is 20.9. The fraction of sp³-hybridized carbons (Fsp3) is 0.318. The van der Waals surface area contributed by atoms with E-state index in [9.17, 15) is 18.0 Å². The van der Waals surface area contributed by atoms with Gasteiger partial charge in [-0.25, -0.2) is 0 Å². The van der Waals surface area contributed by atoms with Gasteiger partial charge < -0.3 is 14.2 Å². The molecule has 1 aliphatic heterocycles. The molecule has 2 heterocycles. The molecule has 1 aliphatic rings. The Bertz CT molecular complexity index is 1100. The van der Waals surface area contributed by atoms with Crippen LogP contribution in [0.2, 0.25) is 0 Å². The second-order valence-electron chi connectivity index (χ2n) is 7.56. The van der Waals surface area contributed by atoms with Crippen LogP contribution in [-0.2, 0) is 15.7 Å². The lowest BCUT2D eigenvalue weighted by Gasteiger charge is -2.39. The highest BCUT2D eigenvalue weighted by atomic mass is 19.4. The van der Waals surface area contributed by atoms with Crippen LogP contribution in [0.3, 0.4) is 0 Å². The van der Waals surface area contributed by atoms with E-state index in [2.05, 4.69) is 4.90 Å². The number of fused-ring (bicyclic) bond motifs is 1. The number of ether oxygens (including phenoxy) is 1. The topological polar surface area (TPSA) is 34.5 Å². The van der Waals surface area contributed by atoms with E-state index in [-0.39, 0.29) is 11.9 Å². The number of carbonyl (C=O) groups is 1. The molecule has 3 aromatic rings. The number of esters is 1. The zero-order valence-electron chi connectivity index (χ0n) is 16.4. The normalized spacial score (nSPS) is 14.9. The van der Waals surface area contributed by atoms with Gasteiger partial charge in [-0.15, -0.1) is 0 Å². The predicted octanol–water partition coefficient (Wildman–Crippen LogP) is 4.88. The van der Waals surface area contributed by atoms with Gasteiger partial charge in [0.05, 0.1) is 24.1 Å². The first kappa shape index (κ1) is 19.4. The fourth-order valence-electron chi connectivity index (χ4n) is 3.85. The number of benzene rings is 2. The smallest absolute Gasteiger partial charge is 0.416 e. The predicted molar refractivity (Wildman–Crippen MR) is 105 cm³/mol. The molecule has 0 radical (unpaired) electrons. The molecule has 7 heteroatoms. The number of hydrogen-bond acceptors (Lipinski definition) is 3. The first-order valence-electron chi connectivity index (χ1n) is 9.31. The molecule has 0 atom stereocenters. The molecule has 0 amide bonds. The molecule has 0 unspecified atom stereocenters. The first-order chi connectivity index (χ1) is 13.7. The number of carbonyl (C=O) groups excluding carboxylic acids is 1. The van der Waals surface area contributed by atoms with Gasteiger partial charge >= 0.3 is 12.1 Å². The maximum absolute atomic E-state index is 13.1. The maximum Gasteiger partial charge on any atom is 0.416 e. The van der Waals surface area contributed by atoms with E-state index in [0.29, 0.717) is 18.5 Å². The molecule has 152 valence electrons. The van der Waals surface area contributed by atoms with Gasteiger partial charge in [-0.3, -0.25) is 4.79 Å². The van der Waals surface area contributed by atoms with Gasteiger partial charge in [-0.05, 0) is 61.4 Å². The Labute approximate surface area is 166 Å². The Hall–Kier alpha value is -2.96. The van der Waals surface area contributed by atoms with E-state index in [1.54, 1.807) is 0 Å². The van der Waals surface area contributed by atoms with Gasteiger partial charge in [0.1, 0.15) is 0 Å². The third-order valence-electron chi connectivity index (χ3n) is 5.44. The van der Waals surface area contributed by atoms with Crippen LogP contribution in [0.5, 0.6) is 0 Å². The van der Waals surface area contributed by atoms with Crippen molar-refractivity contribution in [1.82, 2.24) is 4.57 Å². The average molecular weight is 402 g/mol. The second-order valence-corrected chi connectivity index (χ2v) is 7.56. The summed E-state index contributed by atoms with van der Waals surface area (Å²) in [4.78, 5) is 13.7. The lowest BCUT2D eigenvalue weighted by molar-refractivity contribution is -0.146. The first-order valence-corrected chi connectivity index (χ1v) is 9.31. The van der Waals surface area contributed by atoms with Crippen LogP contribution in [0.15, 0.2) is 42.6 Å². The molecule has 0 bridgehead atoms. The molecule has 1 fully saturated rings. The summed E-state index contributed by atoms with van der Waals surface area (Å²) in [6, 6.07) is 9.87. The molecule has 29 heavy (non-hydrogen) atoms. The third-order valence-corrected chi connectivity index (χ3v) is 5.44. The lowest BCUT2D eigenvalue weighted by atomic mass is 9.99. The van der Waals surface area contributed by atoms with Crippen molar-refractivity contribution in [1.29, 1.82) is 0 Å². The van der Waals surface area contributed by atoms with Crippen LogP contribution >= 0.6 is 0 Å². The highest BCUT2D eigenvalue weighted by Crippen LogP contribution is 2.35. The third kappa shape index (κ3) is 3.45. The Kier molecular flexibility index (Phi) is 4.56. The number of methoxy groups -OCH3 is 1. The van der Waals surface area contributed by atoms with Gasteiger partial charge in [-0.1, -0.05) is 0 Å². The highest BCUT2D eigenvalue weighted by Gasteiger charge is 2.34. The van der Waals surface area contributed by atoms with Crippen molar-refractivity contribution in [2.75, 3.05) is 25.1 Å². The molecule has 0 N–H and O–H groups in total. The maximum atomic E-state index is 13.1. The number of aromatic nitrogens is 1. The Morgan fingerprint density at radius 3 is 2.41 bits per heavy atom. The number of nitrogens with zero attached hydrogens (tertiary/aromatic N) is 2. The standard InChI is InChI=1S/C22H21F3N2O2/c1-13-6-17(26-11-15(12-26)21(28)29-3)9-18(7-13)27-10-14(2)19-8-16(22(23,24)25)4-5-20(19)27/h4-10,15H,11-12H2,1-3H3. The van der Waals surface area contributed by atoms with E-state index in [4.69, 9.17) is 4.74 Å². The molecular formula is C22H21F3N2O2. The van der Waals surface area contributed by atoms with Crippen molar-refractivity contribution in [3.8, 4) is 5.69 Å². The summed E-state index contributed by atoms with van der Waals surface area (Å²) in [5, 5.41) is 0.581. The van der Waals surface area contributed by atoms with Gasteiger partial charge in [-0.2, -0.15) is 13.2 Å². The van der Waals surface area contributed by atoms with Gasteiger partial charge in [0.25, 0.3) is 0 Å². The van der Waals surface area contributed by atoms with Crippen LogP contribution in [-0.4, -0.2) is 30.7 Å². The van der Waals surface area contributed by atoms with Crippen LogP contribution in [0.25, 0.3) is 16.6 Å². The lowest BCUT2D eigenvalue weighted by Crippen LogP contribution is -2.50. The minimum absolute atomic E-state index is 0.126. The number of hydrogen-bond donors (Lipinski definition) is 0. The molecular weight excluding hydrogens is 381 g/mol. The van der Waals surface area contributed by atoms with Crippen molar-refractivity contribution < 1.29 is 22.7 Å². The SMILES string of the molecule is COC(=O)C1CN(c2cc(C)cc(-n3cc(C)c4cc(C(F)(F)F)ccc43)c2)C1. The van der Waals surface area contributed by atoms with Crippen molar-refractivity contribution in [2.45, 2.75) is 20.0 Å². The molecule has 4 rings (SSSR count). The van der Waals surface area contributed by atoms with Crippen LogP contribution in [0.4, 0.5) is 18.9 Å². The van der Waals surface area contributed by atoms with Crippen molar-refractivity contribution >= 4 is 22.6 Å². The van der Waals surface area contributed by atoms with Gasteiger partial charge in [0.15, 0.2) is 0 Å². The second kappa shape index (κ2) is 6.83. The van der Waals surface area contributed by atoms with E-state index in [1.807, 2.05) is 42.8 Å². The molecule has 0 saturated carbocycles. The molecule has 1 aromatic heterocycles. The summed E-state index contributed by atoms with van der Waals surface area (Å²) < 4.78 is 46.0. The largest absolute Gasteiger partial charge is 0.469 e. The molecule has 1 saturated heterocycles. The number of alkyl halides is 3. The molecule has 4 nitrogen and oxygen atoms in total. The van der Waals surface area contributed by atoms with Gasteiger partial charge in [0.2, 0.25) is 0 Å². The van der Waals surface area contributed by atoms with Crippen molar-refractivity contribution in [3.05, 3.63) is 59.3 Å². The summed E-state index contributed by atoms with van der Waals surface area (Å²) in [5.41, 5.74) is 3.74. The Balaban J connectivity index is 1.71. The highest BCUT2D eigenvalue weighted by molar-refractivity contribution is 5.86. The fourth-order valence-corrected chi connectivity index (χ4v) is 3.85. The van der Waals surface area contributed by atoms with E-state index in [1.165, 1.54) is 19.2 Å². The van der Waals surface area contributed by atoms with E-state index >= 15 is 0 Å². The van der Waals surface area contributed by atoms with Gasteiger partial charge in [0, 0.05) is 36.0 Å². The number of anilines is 1. The Morgan fingerprint density at radius 1 is 1.07 bits per heavy atom. The van der Waals surface area contributed by atoms with E-state index < -0.39 is 11.7 Å². The van der Waals surface area contributed by atoms with E-state index in [0.717, 1.165) is 34.1 Å². The monoisotopic (exact) mass is 402 g/mol. The number of halogens is 3. The summed E-state index contributed by atoms with van der Waals surface area (Å²) >= 11 is 0. The van der Waals surface area contributed by atoms with Crippen LogP contribution < -0.4 is 4.90 Å². The summed E-state index contributed by atoms with van der Waals surface area (Å²) in [5.74, 6) is -0.332. The molecule has 0 aliphatic carbocycles. The minimum Gasteiger partial charge on any atom is -0.469 e. The number of aryl methyl sites for hydroxylation is 2. The zero-order valence-corrected chi connectivity index (χ0v) is 16.4. The summed E-state index contributed by atoms with van der Waals surface area (Å²) in [7, 11) is 1.39. The quantitative estimate of drug-likeness (QED) is 0.586. The van der Waals surface area contributed by atoms with Crippen molar-refractivity contribution in [2.24, 2.45) is 5.92 Å². The molecule has 2 aromatic carbocycles. The van der Waals surface area contributed by atoms with Crippen molar-refractivity contribution in [3.63, 3.8) is 0 Å². The number of rotatable bonds is 3. The minimum atomic E-state index is -4.37. The summed E-state index contributed by atoms with van der Waals surface area (Å²) in [6.45, 7) is 4.98. The van der Waals surface area contributed by atoms with Crippen LogP contribution in [0.1, 0.15) is 16.7 Å². The average Bonchev–Trinajstić information content (AvgIpc) is 2.95. The summed E-state index contributed by atoms with van der Waals surface area (Å²) in [6.07, 6.45) is -2.51. The molecule has 0 spiro atoms. The van der Waals surface area contributed by atoms with Crippen LogP contribution in [0, 0.1) is 19.8 Å².